The number of allylic oxidation sites excluding steroid dienone is 8. The normalized spacial score (nSPS) is 21.3. The maximum Gasteiger partial charge on any atom is 0.397 e. The Labute approximate surface area is 338 Å². The van der Waals surface area contributed by atoms with Gasteiger partial charge in [-0.1, -0.05) is 146 Å². The van der Waals surface area contributed by atoms with E-state index in [1.807, 2.05) is 0 Å². The predicted molar refractivity (Wildman–Crippen MR) is 220 cm³/mol. The zero-order valence-corrected chi connectivity index (χ0v) is 35.2. The number of ether oxygens (including phenoxy) is 4. The molecule has 0 saturated carbocycles. The Hall–Kier alpha value is -1.94. The molecule has 1 heterocycles. The van der Waals surface area contributed by atoms with Crippen molar-refractivity contribution in [3.63, 3.8) is 0 Å². The van der Waals surface area contributed by atoms with E-state index < -0.39 is 59.8 Å². The van der Waals surface area contributed by atoms with Crippen molar-refractivity contribution >= 4 is 16.4 Å². The molecule has 1 rings (SSSR count). The third kappa shape index (κ3) is 28.5. The summed E-state index contributed by atoms with van der Waals surface area (Å²) >= 11 is 0. The number of aliphatic hydroxyl groups excluding tert-OH is 3. The first-order valence-corrected chi connectivity index (χ1v) is 22.8. The van der Waals surface area contributed by atoms with E-state index in [1.54, 1.807) is 0 Å². The van der Waals surface area contributed by atoms with Gasteiger partial charge in [-0.15, -0.1) is 0 Å². The molecule has 0 bridgehead atoms. The Morgan fingerprint density at radius 3 is 1.79 bits per heavy atom. The second-order valence-corrected chi connectivity index (χ2v) is 15.6. The van der Waals surface area contributed by atoms with E-state index in [4.69, 9.17) is 23.5 Å². The highest BCUT2D eigenvalue weighted by Gasteiger charge is 2.48. The number of unbranched alkanes of at least 4 members (excludes halogenated alkanes) is 15. The molecular weight excluding hydrogens is 741 g/mol. The van der Waals surface area contributed by atoms with Crippen LogP contribution in [0.15, 0.2) is 48.6 Å². The molecule has 6 atom stereocenters. The molecule has 0 aromatic carbocycles. The van der Waals surface area contributed by atoms with E-state index in [9.17, 15) is 28.5 Å². The summed E-state index contributed by atoms with van der Waals surface area (Å²) < 4.78 is 58.9. The highest BCUT2D eigenvalue weighted by Crippen LogP contribution is 2.26. The van der Waals surface area contributed by atoms with Crippen molar-refractivity contribution in [1.29, 1.82) is 0 Å². The van der Waals surface area contributed by atoms with Crippen molar-refractivity contribution in [3.05, 3.63) is 48.6 Å². The molecule has 1 aliphatic rings. The van der Waals surface area contributed by atoms with Crippen molar-refractivity contribution in [2.45, 2.75) is 192 Å². The molecule has 4 N–H and O–H groups in total. The van der Waals surface area contributed by atoms with E-state index in [1.165, 1.54) is 57.8 Å². The fraction of sp³-hybridized carbons (Fsp3) is 0.791. The third-order valence-electron chi connectivity index (χ3n) is 9.47. The van der Waals surface area contributed by atoms with Gasteiger partial charge in [0.05, 0.1) is 19.8 Å². The quantitative estimate of drug-likeness (QED) is 0.0206. The Morgan fingerprint density at radius 2 is 1.23 bits per heavy atom. The van der Waals surface area contributed by atoms with Crippen molar-refractivity contribution in [3.8, 4) is 0 Å². The van der Waals surface area contributed by atoms with E-state index in [0.29, 0.717) is 13.0 Å². The molecule has 0 aromatic heterocycles. The number of aliphatic hydroxyl groups is 3. The first-order valence-electron chi connectivity index (χ1n) is 21.4. The zero-order valence-electron chi connectivity index (χ0n) is 34.4. The maximum atomic E-state index is 12.8. The van der Waals surface area contributed by atoms with Crippen LogP contribution in [-0.2, 0) is 38.3 Å². The van der Waals surface area contributed by atoms with E-state index in [2.05, 4.69) is 66.6 Å². The molecule has 0 radical (unpaired) electrons. The molecule has 12 nitrogen and oxygen atoms in total. The smallest absolute Gasteiger partial charge is 0.397 e. The van der Waals surface area contributed by atoms with Crippen LogP contribution >= 0.6 is 0 Å². The molecular formula is C43H76O12S. The molecule has 13 heteroatoms. The van der Waals surface area contributed by atoms with Gasteiger partial charge in [0.25, 0.3) is 0 Å². The molecule has 0 aromatic rings. The number of carbonyl (C=O) groups is 1. The molecule has 0 spiro atoms. The Kier molecular flexibility index (Phi) is 32.6. The summed E-state index contributed by atoms with van der Waals surface area (Å²) in [6, 6.07) is 0. The Morgan fingerprint density at radius 1 is 0.696 bits per heavy atom. The van der Waals surface area contributed by atoms with E-state index in [-0.39, 0.29) is 19.6 Å². The van der Waals surface area contributed by atoms with Crippen molar-refractivity contribution in [1.82, 2.24) is 0 Å². The summed E-state index contributed by atoms with van der Waals surface area (Å²) in [6.45, 7) is 3.78. The molecule has 1 aliphatic heterocycles. The summed E-state index contributed by atoms with van der Waals surface area (Å²) in [5.41, 5.74) is 0. The van der Waals surface area contributed by atoms with Crippen molar-refractivity contribution in [2.24, 2.45) is 0 Å². The summed E-state index contributed by atoms with van der Waals surface area (Å²) in [4.78, 5) is 12.8. The standard InChI is InChI=1S/C43H76O12S/c1-3-5-7-9-11-13-15-17-18-19-21-23-25-27-29-31-33-51-35-37(36-52-43-41(47)42(55-56(48,49)50)40(46)38(34-44)54-43)53-39(45)32-30-28-26-24-22-20-16-14-12-10-8-6-4-2/h5,7,11,13,17-18,21,23,37-38,40-44,46-47H,3-4,6,8-10,12,14-16,19-20,22,24-36H2,1-2H3,(H,48,49,50)/b7-5-,13-11-,18-17-,23-21-. The van der Waals surface area contributed by atoms with Crippen LogP contribution in [-0.4, -0.2) is 97.5 Å². The predicted octanol–water partition coefficient (Wildman–Crippen LogP) is 8.41. The lowest BCUT2D eigenvalue weighted by atomic mass is 9.99. The molecule has 1 saturated heterocycles. The van der Waals surface area contributed by atoms with Crippen LogP contribution in [0.25, 0.3) is 0 Å². The maximum absolute atomic E-state index is 12.8. The first-order chi connectivity index (χ1) is 27.1. The van der Waals surface area contributed by atoms with Gasteiger partial charge in [0.2, 0.25) is 0 Å². The Balaban J connectivity index is 2.49. The van der Waals surface area contributed by atoms with Crippen molar-refractivity contribution in [2.75, 3.05) is 26.4 Å². The van der Waals surface area contributed by atoms with Gasteiger partial charge in [0.1, 0.15) is 30.5 Å². The van der Waals surface area contributed by atoms with Gasteiger partial charge < -0.3 is 34.3 Å². The van der Waals surface area contributed by atoms with Crippen LogP contribution < -0.4 is 0 Å². The highest BCUT2D eigenvalue weighted by molar-refractivity contribution is 7.80. The monoisotopic (exact) mass is 817 g/mol. The second-order valence-electron chi connectivity index (χ2n) is 14.6. The number of esters is 1. The lowest BCUT2D eigenvalue weighted by Gasteiger charge is -2.41. The number of carbonyl (C=O) groups excluding carboxylic acids is 1. The average molecular weight is 817 g/mol. The fourth-order valence-corrected chi connectivity index (χ4v) is 6.76. The molecule has 6 unspecified atom stereocenters. The highest BCUT2D eigenvalue weighted by atomic mass is 32.3. The van der Waals surface area contributed by atoms with Gasteiger partial charge in [0.15, 0.2) is 6.29 Å². The van der Waals surface area contributed by atoms with Gasteiger partial charge in [0, 0.05) is 13.0 Å². The average Bonchev–Trinajstić information content (AvgIpc) is 3.17. The lowest BCUT2D eigenvalue weighted by molar-refractivity contribution is -0.301. The van der Waals surface area contributed by atoms with Gasteiger partial charge in [-0.05, 0) is 51.4 Å². The molecule has 0 amide bonds. The van der Waals surface area contributed by atoms with Crippen molar-refractivity contribution < 1.29 is 56.2 Å². The minimum Gasteiger partial charge on any atom is -0.457 e. The van der Waals surface area contributed by atoms with Gasteiger partial charge in [-0.2, -0.15) is 8.42 Å². The van der Waals surface area contributed by atoms with Crippen LogP contribution in [0.4, 0.5) is 0 Å². The number of rotatable bonds is 36. The topological polar surface area (TPSA) is 178 Å². The molecule has 0 aliphatic carbocycles. The first kappa shape index (κ1) is 52.1. The largest absolute Gasteiger partial charge is 0.457 e. The van der Waals surface area contributed by atoms with E-state index >= 15 is 0 Å². The summed E-state index contributed by atoms with van der Waals surface area (Å²) in [6.07, 6.45) is 31.5. The van der Waals surface area contributed by atoms with Crippen LogP contribution in [0.5, 0.6) is 0 Å². The minimum atomic E-state index is -5.06. The fourth-order valence-electron chi connectivity index (χ4n) is 6.25. The van der Waals surface area contributed by atoms with Gasteiger partial charge in [-0.25, -0.2) is 4.18 Å². The molecule has 56 heavy (non-hydrogen) atoms. The van der Waals surface area contributed by atoms with E-state index in [0.717, 1.165) is 70.6 Å². The second kappa shape index (κ2) is 35.0. The van der Waals surface area contributed by atoms with Crippen LogP contribution in [0, 0.1) is 0 Å². The summed E-state index contributed by atoms with van der Waals surface area (Å²) in [7, 11) is -5.06. The Bertz CT molecular complexity index is 1170. The van der Waals surface area contributed by atoms with Crippen LogP contribution in [0.3, 0.4) is 0 Å². The number of hydrogen-bond acceptors (Lipinski definition) is 11. The minimum absolute atomic E-state index is 0.0149. The molecule has 1 fully saturated rings. The molecule has 326 valence electrons. The van der Waals surface area contributed by atoms with Gasteiger partial charge >= 0.3 is 16.4 Å². The van der Waals surface area contributed by atoms with Crippen LogP contribution in [0.1, 0.15) is 155 Å². The van der Waals surface area contributed by atoms with Crippen LogP contribution in [0.2, 0.25) is 0 Å². The summed E-state index contributed by atoms with van der Waals surface area (Å²) in [5, 5.41) is 30.6. The zero-order chi connectivity index (χ0) is 41.1. The van der Waals surface area contributed by atoms with Gasteiger partial charge in [-0.3, -0.25) is 9.35 Å². The summed E-state index contributed by atoms with van der Waals surface area (Å²) in [5.74, 6) is -0.412. The third-order valence-corrected chi connectivity index (χ3v) is 9.93. The SMILES string of the molecule is CC/C=C\C/C=C\C/C=C\C/C=C\CCCCCOCC(COC1OC(CO)C(O)C(OS(=O)(=O)O)C1O)OC(=O)CCCCCCCCCCCCCCC. The lowest BCUT2D eigenvalue weighted by Crippen LogP contribution is -2.60. The number of hydrogen-bond donors (Lipinski definition) is 4.